The number of aromatic nitrogens is 3. The lowest BCUT2D eigenvalue weighted by Gasteiger charge is -2.30. The fourth-order valence-electron chi connectivity index (χ4n) is 3.24. The number of carbonyl (C=O) groups is 1. The van der Waals surface area contributed by atoms with Crippen LogP contribution in [-0.4, -0.2) is 44.6 Å². The molecule has 0 saturated heterocycles. The summed E-state index contributed by atoms with van der Waals surface area (Å²) in [5.41, 5.74) is 0.676. The van der Waals surface area contributed by atoms with Crippen LogP contribution in [0.15, 0.2) is 24.3 Å². The van der Waals surface area contributed by atoms with Crippen molar-refractivity contribution in [1.82, 2.24) is 15.2 Å². The molecule has 0 radical (unpaired) electrons. The Labute approximate surface area is 158 Å². The summed E-state index contributed by atoms with van der Waals surface area (Å²) in [6.45, 7) is 2.86. The summed E-state index contributed by atoms with van der Waals surface area (Å²) in [7, 11) is -3.64. The molecule has 0 spiro atoms. The SMILES string of the molecule is CC(C)(C(=O)Nc1n[nH]c(-c2ccc(O)cc2)n1)S(=O)(=O)C1CCCCC1. The quantitative estimate of drug-likeness (QED) is 0.718. The standard InChI is InChI=1S/C18H24N4O4S/c1-18(2,27(25,26)14-6-4-3-5-7-14)16(24)20-17-19-15(21-22-17)12-8-10-13(23)11-9-12/h8-11,14,23H,3-7H2,1-2H3,(H2,19,20,21,22,24). The molecule has 0 unspecified atom stereocenters. The highest BCUT2D eigenvalue weighted by atomic mass is 32.2. The van der Waals surface area contributed by atoms with Crippen molar-refractivity contribution in [1.29, 1.82) is 0 Å². The highest BCUT2D eigenvalue weighted by Crippen LogP contribution is 2.32. The lowest BCUT2D eigenvalue weighted by Crippen LogP contribution is -2.49. The average Bonchev–Trinajstić information content (AvgIpc) is 3.11. The lowest BCUT2D eigenvalue weighted by atomic mass is 10.0. The van der Waals surface area contributed by atoms with Gasteiger partial charge in [-0.25, -0.2) is 8.42 Å². The van der Waals surface area contributed by atoms with E-state index in [-0.39, 0.29) is 11.7 Å². The number of H-pyrrole nitrogens is 1. The van der Waals surface area contributed by atoms with Gasteiger partial charge in [0.25, 0.3) is 0 Å². The van der Waals surface area contributed by atoms with Crippen LogP contribution < -0.4 is 5.32 Å². The Morgan fingerprint density at radius 2 is 1.81 bits per heavy atom. The molecular formula is C18H24N4O4S. The van der Waals surface area contributed by atoms with Gasteiger partial charge < -0.3 is 5.11 Å². The second kappa shape index (κ2) is 7.30. The number of aromatic amines is 1. The molecule has 8 nitrogen and oxygen atoms in total. The van der Waals surface area contributed by atoms with E-state index in [1.165, 1.54) is 26.0 Å². The van der Waals surface area contributed by atoms with E-state index in [0.717, 1.165) is 19.3 Å². The zero-order valence-corrected chi connectivity index (χ0v) is 16.2. The van der Waals surface area contributed by atoms with Crippen LogP contribution in [0.5, 0.6) is 5.75 Å². The molecule has 27 heavy (non-hydrogen) atoms. The van der Waals surface area contributed by atoms with E-state index in [0.29, 0.717) is 24.2 Å². The maximum absolute atomic E-state index is 13.0. The van der Waals surface area contributed by atoms with Crippen LogP contribution in [0.25, 0.3) is 11.4 Å². The van der Waals surface area contributed by atoms with Gasteiger partial charge in [-0.1, -0.05) is 19.3 Å². The number of amides is 1. The Balaban J connectivity index is 1.75. The van der Waals surface area contributed by atoms with Crippen molar-refractivity contribution in [2.75, 3.05) is 5.32 Å². The largest absolute Gasteiger partial charge is 0.508 e. The maximum atomic E-state index is 13.0. The van der Waals surface area contributed by atoms with Crippen LogP contribution >= 0.6 is 0 Å². The van der Waals surface area contributed by atoms with Crippen molar-refractivity contribution < 1.29 is 18.3 Å². The van der Waals surface area contributed by atoms with Crippen LogP contribution in [0, 0.1) is 0 Å². The minimum Gasteiger partial charge on any atom is -0.508 e. The molecule has 1 aromatic heterocycles. The number of carbonyl (C=O) groups excluding carboxylic acids is 1. The molecule has 0 atom stereocenters. The molecule has 1 saturated carbocycles. The van der Waals surface area contributed by atoms with Crippen molar-refractivity contribution in [3.8, 4) is 17.1 Å². The minimum atomic E-state index is -3.64. The molecule has 1 fully saturated rings. The first-order chi connectivity index (χ1) is 12.7. The highest BCUT2D eigenvalue weighted by molar-refractivity contribution is 7.94. The molecule has 9 heteroatoms. The van der Waals surface area contributed by atoms with E-state index in [4.69, 9.17) is 0 Å². The van der Waals surface area contributed by atoms with E-state index in [2.05, 4.69) is 20.5 Å². The minimum absolute atomic E-state index is 0.00925. The second-order valence-electron chi connectivity index (χ2n) is 7.32. The third-order valence-corrected chi connectivity index (χ3v) is 8.06. The predicted octanol–water partition coefficient (Wildman–Crippen LogP) is 2.64. The van der Waals surface area contributed by atoms with Gasteiger partial charge >= 0.3 is 0 Å². The summed E-state index contributed by atoms with van der Waals surface area (Å²) in [5.74, 6) is -0.112. The summed E-state index contributed by atoms with van der Waals surface area (Å²) in [4.78, 5) is 16.9. The molecule has 146 valence electrons. The van der Waals surface area contributed by atoms with Crippen molar-refractivity contribution in [3.63, 3.8) is 0 Å². The van der Waals surface area contributed by atoms with Crippen LogP contribution in [0.4, 0.5) is 5.95 Å². The summed E-state index contributed by atoms with van der Waals surface area (Å²) < 4.78 is 24.4. The van der Waals surface area contributed by atoms with Crippen molar-refractivity contribution in [3.05, 3.63) is 24.3 Å². The van der Waals surface area contributed by atoms with Crippen molar-refractivity contribution >= 4 is 21.7 Å². The lowest BCUT2D eigenvalue weighted by molar-refractivity contribution is -0.117. The Hall–Kier alpha value is -2.42. The molecule has 2 aromatic rings. The number of benzene rings is 1. The first-order valence-electron chi connectivity index (χ1n) is 8.98. The van der Waals surface area contributed by atoms with Crippen LogP contribution in [0.3, 0.4) is 0 Å². The first kappa shape index (κ1) is 19.3. The molecule has 1 amide bonds. The van der Waals surface area contributed by atoms with E-state index < -0.39 is 25.7 Å². The normalized spacial score (nSPS) is 16.2. The number of sulfone groups is 1. The molecule has 1 heterocycles. The van der Waals surface area contributed by atoms with Gasteiger partial charge in [0.05, 0.1) is 5.25 Å². The number of phenolic OH excluding ortho intramolecular Hbond substituents is 1. The van der Waals surface area contributed by atoms with Gasteiger partial charge in [-0.2, -0.15) is 4.98 Å². The molecule has 0 bridgehead atoms. The molecule has 1 aliphatic rings. The van der Waals surface area contributed by atoms with Gasteiger partial charge in [0.2, 0.25) is 11.9 Å². The number of aromatic hydroxyl groups is 1. The van der Waals surface area contributed by atoms with Crippen LogP contribution in [0.2, 0.25) is 0 Å². The van der Waals surface area contributed by atoms with Gasteiger partial charge in [-0.3, -0.25) is 15.2 Å². The first-order valence-corrected chi connectivity index (χ1v) is 10.5. The second-order valence-corrected chi connectivity index (χ2v) is 10.1. The number of nitrogens with one attached hydrogen (secondary N) is 2. The average molecular weight is 392 g/mol. The Bertz CT molecular complexity index is 913. The molecular weight excluding hydrogens is 368 g/mol. The third-order valence-electron chi connectivity index (χ3n) is 5.10. The molecule has 3 N–H and O–H groups in total. The van der Waals surface area contributed by atoms with Gasteiger partial charge in [0.15, 0.2) is 15.7 Å². The zero-order valence-electron chi connectivity index (χ0n) is 15.4. The number of hydrogen-bond donors (Lipinski definition) is 3. The fraction of sp³-hybridized carbons (Fsp3) is 0.500. The number of hydrogen-bond acceptors (Lipinski definition) is 6. The molecule has 3 rings (SSSR count). The maximum Gasteiger partial charge on any atom is 0.249 e. The third kappa shape index (κ3) is 3.83. The van der Waals surface area contributed by atoms with Gasteiger partial charge in [0.1, 0.15) is 10.5 Å². The predicted molar refractivity (Wildman–Crippen MR) is 102 cm³/mol. The summed E-state index contributed by atoms with van der Waals surface area (Å²) >= 11 is 0. The molecule has 1 aromatic carbocycles. The van der Waals surface area contributed by atoms with Crippen LogP contribution in [0.1, 0.15) is 46.0 Å². The number of anilines is 1. The van der Waals surface area contributed by atoms with Crippen molar-refractivity contribution in [2.45, 2.75) is 55.9 Å². The fourth-order valence-corrected chi connectivity index (χ4v) is 5.34. The number of phenols is 1. The van der Waals surface area contributed by atoms with E-state index >= 15 is 0 Å². The topological polar surface area (TPSA) is 125 Å². The molecule has 1 aliphatic carbocycles. The Kier molecular flexibility index (Phi) is 5.23. The monoisotopic (exact) mass is 392 g/mol. The summed E-state index contributed by atoms with van der Waals surface area (Å²) in [6.07, 6.45) is 3.99. The Morgan fingerprint density at radius 1 is 1.19 bits per heavy atom. The van der Waals surface area contributed by atoms with Crippen LogP contribution in [-0.2, 0) is 14.6 Å². The van der Waals surface area contributed by atoms with E-state index in [9.17, 15) is 18.3 Å². The summed E-state index contributed by atoms with van der Waals surface area (Å²) in [6, 6.07) is 6.32. The molecule has 0 aliphatic heterocycles. The smallest absolute Gasteiger partial charge is 0.249 e. The van der Waals surface area contributed by atoms with Crippen molar-refractivity contribution in [2.24, 2.45) is 0 Å². The zero-order chi connectivity index (χ0) is 19.7. The van der Waals surface area contributed by atoms with Gasteiger partial charge in [-0.05, 0) is 51.0 Å². The van der Waals surface area contributed by atoms with Gasteiger partial charge in [-0.15, -0.1) is 5.10 Å². The number of rotatable bonds is 5. The summed E-state index contributed by atoms with van der Waals surface area (Å²) in [5, 5.41) is 18.0. The highest BCUT2D eigenvalue weighted by Gasteiger charge is 2.46. The van der Waals surface area contributed by atoms with E-state index in [1.54, 1.807) is 12.1 Å². The number of nitrogens with zero attached hydrogens (tertiary/aromatic N) is 2. The van der Waals surface area contributed by atoms with E-state index in [1.807, 2.05) is 0 Å². The Morgan fingerprint density at radius 3 is 2.44 bits per heavy atom. The van der Waals surface area contributed by atoms with Gasteiger partial charge in [0, 0.05) is 5.56 Å².